The predicted molar refractivity (Wildman–Crippen MR) is 156 cm³/mol. The number of aliphatic hydroxyl groups excluding tert-OH is 1. The summed E-state index contributed by atoms with van der Waals surface area (Å²) in [6.07, 6.45) is 13.4. The number of rotatable bonds is 10. The van der Waals surface area contributed by atoms with Crippen molar-refractivity contribution >= 4 is 5.91 Å². The van der Waals surface area contributed by atoms with E-state index in [1.54, 1.807) is 54.7 Å². The maximum absolute atomic E-state index is 13.3. The van der Waals surface area contributed by atoms with Gasteiger partial charge in [-0.25, -0.2) is 9.37 Å². The van der Waals surface area contributed by atoms with E-state index >= 15 is 0 Å². The maximum Gasteiger partial charge on any atom is 0.237 e. The highest BCUT2D eigenvalue weighted by atomic mass is 19.1. The smallest absolute Gasteiger partial charge is 0.237 e. The Morgan fingerprint density at radius 2 is 1.57 bits per heavy atom. The monoisotopic (exact) mass is 516 g/mol. The molecule has 1 aromatic rings. The molecule has 0 spiro atoms. The van der Waals surface area contributed by atoms with Crippen molar-refractivity contribution in [2.45, 2.75) is 68.5 Å². The Labute approximate surface area is 224 Å². The lowest BCUT2D eigenvalue weighted by Gasteiger charge is -2.34. The van der Waals surface area contributed by atoms with Gasteiger partial charge in [0.2, 0.25) is 5.91 Å². The van der Waals surface area contributed by atoms with Gasteiger partial charge in [0.25, 0.3) is 0 Å². The molecule has 0 bridgehead atoms. The van der Waals surface area contributed by atoms with Crippen LogP contribution in [-0.2, 0) is 17.9 Å². The van der Waals surface area contributed by atoms with Crippen LogP contribution in [0.2, 0.25) is 0 Å². The number of aromatic nitrogens is 2. The first-order valence-corrected chi connectivity index (χ1v) is 13.2. The number of halogens is 1. The average molecular weight is 517 g/mol. The zero-order valence-corrected chi connectivity index (χ0v) is 24.3. The van der Waals surface area contributed by atoms with Crippen LogP contribution >= 0.6 is 0 Å². The molecule has 0 saturated carbocycles. The first-order valence-electron chi connectivity index (χ1n) is 13.2. The first-order chi connectivity index (χ1) is 17.8. The third-order valence-electron chi connectivity index (χ3n) is 4.75. The minimum atomic E-state index is -0.271. The molecule has 1 saturated heterocycles. The predicted octanol–water partition coefficient (Wildman–Crippen LogP) is 7.17. The Hall–Kier alpha value is -3.19. The fraction of sp³-hybridized carbons (Fsp3) is 0.467. The standard InChI is InChI=1S/C24H31FN4O2.3C2H6/c1-5-7-21(11-19(3)25)15-29-18-26-13-23(29)16-27-9-10-28(24(31)17-27)14-22(8-6-2)12-20(4)30;3*1-2/h5-8,11-13,18,30H,1-2,9-10,14-17H2,3-4H3;3*1-2H3/b19-11+,20-12+,21-7+,22-8+;;;. The molecule has 1 aliphatic rings. The van der Waals surface area contributed by atoms with E-state index < -0.39 is 0 Å². The summed E-state index contributed by atoms with van der Waals surface area (Å²) in [6, 6.07) is 0. The lowest BCUT2D eigenvalue weighted by atomic mass is 10.1. The molecular formula is C30H49FN4O2. The highest BCUT2D eigenvalue weighted by Crippen LogP contribution is 2.14. The van der Waals surface area contributed by atoms with E-state index in [4.69, 9.17) is 0 Å². The van der Waals surface area contributed by atoms with Gasteiger partial charge in [-0.15, -0.1) is 0 Å². The zero-order chi connectivity index (χ0) is 28.8. The highest BCUT2D eigenvalue weighted by Gasteiger charge is 2.25. The molecule has 0 radical (unpaired) electrons. The van der Waals surface area contributed by atoms with Gasteiger partial charge in [0.1, 0.15) is 0 Å². The van der Waals surface area contributed by atoms with Crippen molar-refractivity contribution in [3.63, 3.8) is 0 Å². The summed E-state index contributed by atoms with van der Waals surface area (Å²) in [7, 11) is 0. The van der Waals surface area contributed by atoms with Gasteiger partial charge in [-0.3, -0.25) is 9.69 Å². The maximum atomic E-state index is 13.3. The molecule has 1 amide bonds. The first kappa shape index (κ1) is 36.0. The van der Waals surface area contributed by atoms with Gasteiger partial charge in [-0.05, 0) is 37.1 Å². The van der Waals surface area contributed by atoms with E-state index in [2.05, 4.69) is 23.0 Å². The van der Waals surface area contributed by atoms with Crippen LogP contribution in [0.3, 0.4) is 0 Å². The second-order valence-electron chi connectivity index (χ2n) is 7.51. The summed E-state index contributed by atoms with van der Waals surface area (Å²) in [4.78, 5) is 20.8. The van der Waals surface area contributed by atoms with Crippen LogP contribution in [0.1, 0.15) is 61.1 Å². The second-order valence-corrected chi connectivity index (χ2v) is 7.51. The molecule has 1 aromatic heterocycles. The third-order valence-corrected chi connectivity index (χ3v) is 4.75. The van der Waals surface area contributed by atoms with Crippen LogP contribution < -0.4 is 0 Å². The Bertz CT molecular complexity index is 918. The molecule has 2 rings (SSSR count). The van der Waals surface area contributed by atoms with Gasteiger partial charge in [0, 0.05) is 38.9 Å². The topological polar surface area (TPSA) is 61.6 Å². The SMILES string of the molecule is C=C/C=C(\C=C(/C)O)CN1CCN(Cc2cncn2CC(/C=C(\C)F)=C/C=C)CC1=O.CC.CC.CC. The van der Waals surface area contributed by atoms with Gasteiger partial charge in [0.15, 0.2) is 0 Å². The molecule has 6 nitrogen and oxygen atoms in total. The second kappa shape index (κ2) is 22.0. The summed E-state index contributed by atoms with van der Waals surface area (Å²) in [6.45, 7) is 25.5. The summed E-state index contributed by atoms with van der Waals surface area (Å²) in [5.74, 6) is -0.0535. The largest absolute Gasteiger partial charge is 0.513 e. The van der Waals surface area contributed by atoms with Gasteiger partial charge in [-0.1, -0.05) is 79.0 Å². The van der Waals surface area contributed by atoms with Crippen molar-refractivity contribution in [3.05, 3.63) is 90.6 Å². The van der Waals surface area contributed by atoms with Crippen molar-refractivity contribution in [1.29, 1.82) is 0 Å². The van der Waals surface area contributed by atoms with Gasteiger partial charge in [0.05, 0.1) is 30.2 Å². The van der Waals surface area contributed by atoms with Crippen LogP contribution in [0.25, 0.3) is 0 Å². The number of piperazine rings is 1. The fourth-order valence-electron chi connectivity index (χ4n) is 3.45. The third kappa shape index (κ3) is 14.8. The molecule has 0 unspecified atom stereocenters. The number of carbonyl (C=O) groups excluding carboxylic acids is 1. The summed E-state index contributed by atoms with van der Waals surface area (Å²) in [5.41, 5.74) is 2.56. The zero-order valence-electron chi connectivity index (χ0n) is 24.3. The van der Waals surface area contributed by atoms with E-state index in [0.717, 1.165) is 23.4 Å². The fourth-order valence-corrected chi connectivity index (χ4v) is 3.45. The molecule has 2 heterocycles. The molecule has 7 heteroatoms. The van der Waals surface area contributed by atoms with E-state index in [1.807, 2.05) is 46.1 Å². The Morgan fingerprint density at radius 3 is 2.05 bits per heavy atom. The number of hydrogen-bond donors (Lipinski definition) is 1. The summed E-state index contributed by atoms with van der Waals surface area (Å²) >= 11 is 0. The minimum Gasteiger partial charge on any atom is -0.513 e. The lowest BCUT2D eigenvalue weighted by molar-refractivity contribution is -0.135. The number of hydrogen-bond acceptors (Lipinski definition) is 4. The number of allylic oxidation sites excluding steroid dienone is 8. The van der Waals surface area contributed by atoms with Crippen molar-refractivity contribution in [2.24, 2.45) is 0 Å². The molecule has 1 aliphatic heterocycles. The Kier molecular flexibility index (Phi) is 21.4. The molecule has 0 atom stereocenters. The van der Waals surface area contributed by atoms with E-state index in [9.17, 15) is 14.3 Å². The normalized spacial score (nSPS) is 14.9. The van der Waals surface area contributed by atoms with Crippen molar-refractivity contribution in [1.82, 2.24) is 19.4 Å². The van der Waals surface area contributed by atoms with Crippen molar-refractivity contribution < 1.29 is 14.3 Å². The van der Waals surface area contributed by atoms with Crippen LogP contribution in [-0.4, -0.2) is 56.5 Å². The van der Waals surface area contributed by atoms with Crippen LogP contribution in [0, 0.1) is 0 Å². The van der Waals surface area contributed by atoms with E-state index in [1.165, 1.54) is 13.0 Å². The van der Waals surface area contributed by atoms with Gasteiger partial charge >= 0.3 is 0 Å². The summed E-state index contributed by atoms with van der Waals surface area (Å²) in [5, 5.41) is 9.53. The molecule has 37 heavy (non-hydrogen) atoms. The average Bonchev–Trinajstić information content (AvgIpc) is 3.30. The van der Waals surface area contributed by atoms with Gasteiger partial charge < -0.3 is 14.6 Å². The lowest BCUT2D eigenvalue weighted by Crippen LogP contribution is -2.50. The minimum absolute atomic E-state index is 0.0273. The van der Waals surface area contributed by atoms with Crippen molar-refractivity contribution in [2.75, 3.05) is 26.2 Å². The Morgan fingerprint density at radius 1 is 1.00 bits per heavy atom. The highest BCUT2D eigenvalue weighted by molar-refractivity contribution is 5.79. The van der Waals surface area contributed by atoms with Crippen LogP contribution in [0.5, 0.6) is 0 Å². The van der Waals surface area contributed by atoms with Crippen LogP contribution in [0.15, 0.2) is 84.9 Å². The van der Waals surface area contributed by atoms with E-state index in [0.29, 0.717) is 32.7 Å². The molecular weight excluding hydrogens is 467 g/mol. The number of carbonyl (C=O) groups is 1. The van der Waals surface area contributed by atoms with Crippen LogP contribution in [0.4, 0.5) is 4.39 Å². The number of nitrogens with zero attached hydrogens (tertiary/aromatic N) is 4. The van der Waals surface area contributed by atoms with Crippen molar-refractivity contribution in [3.8, 4) is 0 Å². The number of amides is 1. The molecule has 1 N–H and O–H groups in total. The summed E-state index contributed by atoms with van der Waals surface area (Å²) < 4.78 is 15.3. The number of imidazole rings is 1. The molecule has 208 valence electrons. The molecule has 0 aliphatic carbocycles. The Balaban J connectivity index is 0. The number of aliphatic hydroxyl groups is 1. The quantitative estimate of drug-likeness (QED) is 0.265. The van der Waals surface area contributed by atoms with Gasteiger partial charge in [-0.2, -0.15) is 0 Å². The van der Waals surface area contributed by atoms with E-state index in [-0.39, 0.29) is 17.5 Å². The molecule has 1 fully saturated rings. The molecule has 0 aromatic carbocycles.